The predicted molar refractivity (Wildman–Crippen MR) is 94.4 cm³/mol. The van der Waals surface area contributed by atoms with Gasteiger partial charge in [-0.25, -0.2) is 8.78 Å². The maximum atomic E-state index is 13.8. The van der Waals surface area contributed by atoms with E-state index in [1.165, 1.54) is 12.1 Å². The van der Waals surface area contributed by atoms with E-state index >= 15 is 0 Å². The zero-order chi connectivity index (χ0) is 18.4. The van der Waals surface area contributed by atoms with Gasteiger partial charge in [-0.15, -0.1) is 0 Å². The van der Waals surface area contributed by atoms with Crippen molar-refractivity contribution in [1.82, 2.24) is 0 Å². The molecule has 0 aromatic heterocycles. The van der Waals surface area contributed by atoms with E-state index in [0.29, 0.717) is 15.8 Å². The molecule has 3 nitrogen and oxygen atoms in total. The molecule has 1 heterocycles. The summed E-state index contributed by atoms with van der Waals surface area (Å²) in [4.78, 5) is 0. The van der Waals surface area contributed by atoms with Gasteiger partial charge >= 0.3 is 0 Å². The third kappa shape index (κ3) is 3.73. The summed E-state index contributed by atoms with van der Waals surface area (Å²) >= 11 is 3.36. The van der Waals surface area contributed by atoms with E-state index in [1.54, 1.807) is 24.3 Å². The van der Waals surface area contributed by atoms with Gasteiger partial charge in [0.05, 0.1) is 4.47 Å². The van der Waals surface area contributed by atoms with Crippen LogP contribution < -0.4 is 4.74 Å². The van der Waals surface area contributed by atoms with Crippen molar-refractivity contribution < 1.29 is 23.7 Å². The second-order valence-corrected chi connectivity index (χ2v) is 7.57. The summed E-state index contributed by atoms with van der Waals surface area (Å²) < 4.78 is 34.3. The lowest BCUT2D eigenvalue weighted by Crippen LogP contribution is -2.31. The highest BCUT2D eigenvalue weighted by Crippen LogP contribution is 2.52. The molecular formula is C19H19BrF2O3. The third-order valence-electron chi connectivity index (χ3n) is 4.61. The van der Waals surface area contributed by atoms with E-state index in [-0.39, 0.29) is 23.8 Å². The van der Waals surface area contributed by atoms with Crippen LogP contribution >= 0.6 is 15.9 Å². The monoisotopic (exact) mass is 412 g/mol. The summed E-state index contributed by atoms with van der Waals surface area (Å²) in [5, 5.41) is 19.4. The van der Waals surface area contributed by atoms with Crippen molar-refractivity contribution in [3.05, 3.63) is 52.0 Å². The lowest BCUT2D eigenvalue weighted by molar-refractivity contribution is -0.0138. The van der Waals surface area contributed by atoms with Gasteiger partial charge in [0, 0.05) is 17.9 Å². The fourth-order valence-corrected chi connectivity index (χ4v) is 4.00. The topological polar surface area (TPSA) is 49.7 Å². The number of phenolic OH excluding ortho intramolecular Hbond substituents is 2. The number of rotatable bonds is 3. The molecule has 3 rings (SSSR count). The number of alkyl halides is 2. The van der Waals surface area contributed by atoms with Crippen LogP contribution in [0.1, 0.15) is 43.4 Å². The highest BCUT2D eigenvalue weighted by Gasteiger charge is 2.41. The van der Waals surface area contributed by atoms with Crippen molar-refractivity contribution in [2.75, 3.05) is 0 Å². The van der Waals surface area contributed by atoms with Gasteiger partial charge < -0.3 is 14.9 Å². The molecule has 0 aliphatic carbocycles. The maximum absolute atomic E-state index is 13.8. The Balaban J connectivity index is 2.08. The molecule has 134 valence electrons. The van der Waals surface area contributed by atoms with Gasteiger partial charge in [0.2, 0.25) is 5.92 Å². The molecule has 3 unspecified atom stereocenters. The van der Waals surface area contributed by atoms with Crippen LogP contribution in [-0.2, 0) is 0 Å². The normalized spacial score (nSPS) is 23.0. The summed E-state index contributed by atoms with van der Waals surface area (Å²) in [6, 6.07) is 9.56. The molecule has 25 heavy (non-hydrogen) atoms. The lowest BCUT2D eigenvalue weighted by Gasteiger charge is -2.39. The molecule has 2 aromatic carbocycles. The van der Waals surface area contributed by atoms with Crippen LogP contribution in [-0.4, -0.2) is 16.1 Å². The van der Waals surface area contributed by atoms with E-state index < -0.39 is 17.9 Å². The molecule has 6 heteroatoms. The van der Waals surface area contributed by atoms with Crippen molar-refractivity contribution in [1.29, 1.82) is 0 Å². The standard InChI is InChI=1S/C19H19BrF2O3/c1-10-15(9-19(2,21)22)14-7-13(24)8-16(20)18(14)25-17(10)11-3-5-12(23)6-4-11/h3-8,10,15,17,23-24H,9H2,1-2H3. The van der Waals surface area contributed by atoms with Gasteiger partial charge in [-0.2, -0.15) is 0 Å². The molecule has 0 saturated carbocycles. The molecule has 0 amide bonds. The number of halogens is 3. The number of fused-ring (bicyclic) bond motifs is 1. The first kappa shape index (κ1) is 18.0. The molecular weight excluding hydrogens is 394 g/mol. The van der Waals surface area contributed by atoms with Crippen molar-refractivity contribution in [3.8, 4) is 17.2 Å². The van der Waals surface area contributed by atoms with E-state index in [0.717, 1.165) is 12.5 Å². The van der Waals surface area contributed by atoms with Crippen molar-refractivity contribution in [2.45, 2.75) is 38.2 Å². The summed E-state index contributed by atoms with van der Waals surface area (Å²) in [6.07, 6.45) is -0.768. The molecule has 0 spiro atoms. The van der Waals surface area contributed by atoms with Gasteiger partial charge in [0.1, 0.15) is 23.4 Å². The smallest absolute Gasteiger partial charge is 0.246 e. The molecule has 3 atom stereocenters. The average molecular weight is 413 g/mol. The van der Waals surface area contributed by atoms with Crippen LogP contribution in [0.4, 0.5) is 8.78 Å². The largest absolute Gasteiger partial charge is 0.508 e. The SMILES string of the molecule is CC1C(CC(C)(F)F)c2cc(O)cc(Br)c2OC1c1ccc(O)cc1. The van der Waals surface area contributed by atoms with Gasteiger partial charge in [-0.3, -0.25) is 0 Å². The maximum Gasteiger partial charge on any atom is 0.246 e. The van der Waals surface area contributed by atoms with Crippen LogP contribution in [0.2, 0.25) is 0 Å². The van der Waals surface area contributed by atoms with E-state index in [9.17, 15) is 19.0 Å². The van der Waals surface area contributed by atoms with Crippen LogP contribution in [0, 0.1) is 5.92 Å². The van der Waals surface area contributed by atoms with Crippen LogP contribution in [0.5, 0.6) is 17.2 Å². The Kier molecular flexibility index (Phi) is 4.66. The molecule has 0 saturated heterocycles. The van der Waals surface area contributed by atoms with Gasteiger partial charge in [0.15, 0.2) is 0 Å². The first-order valence-corrected chi connectivity index (χ1v) is 8.81. The summed E-state index contributed by atoms with van der Waals surface area (Å²) in [5.41, 5.74) is 1.39. The average Bonchev–Trinajstić information content (AvgIpc) is 2.50. The van der Waals surface area contributed by atoms with Crippen molar-refractivity contribution in [2.24, 2.45) is 5.92 Å². The third-order valence-corrected chi connectivity index (χ3v) is 5.20. The van der Waals surface area contributed by atoms with E-state index in [4.69, 9.17) is 4.74 Å². The minimum atomic E-state index is -2.84. The first-order valence-electron chi connectivity index (χ1n) is 8.01. The number of aromatic hydroxyl groups is 2. The van der Waals surface area contributed by atoms with Gasteiger partial charge in [-0.05, 0) is 58.6 Å². The predicted octanol–water partition coefficient (Wildman–Crippen LogP) is 5.76. The Hall–Kier alpha value is -1.82. The van der Waals surface area contributed by atoms with Gasteiger partial charge in [-0.1, -0.05) is 19.1 Å². The Labute approximate surface area is 153 Å². The summed E-state index contributed by atoms with van der Waals surface area (Å²) in [5.74, 6) is -2.94. The van der Waals surface area contributed by atoms with Gasteiger partial charge in [0.25, 0.3) is 0 Å². The highest BCUT2D eigenvalue weighted by atomic mass is 79.9. The quantitative estimate of drug-likeness (QED) is 0.673. The zero-order valence-corrected chi connectivity index (χ0v) is 15.4. The van der Waals surface area contributed by atoms with Crippen LogP contribution in [0.3, 0.4) is 0 Å². The fourth-order valence-electron chi connectivity index (χ4n) is 3.45. The molecule has 1 aliphatic heterocycles. The Morgan fingerprint density at radius 2 is 1.76 bits per heavy atom. The number of hydrogen-bond acceptors (Lipinski definition) is 3. The van der Waals surface area contributed by atoms with Crippen molar-refractivity contribution in [3.63, 3.8) is 0 Å². The lowest BCUT2D eigenvalue weighted by atomic mass is 9.76. The summed E-state index contributed by atoms with van der Waals surface area (Å²) in [7, 11) is 0. The number of ether oxygens (including phenoxy) is 1. The zero-order valence-electron chi connectivity index (χ0n) is 13.8. The minimum Gasteiger partial charge on any atom is -0.508 e. The number of phenols is 2. The molecule has 0 bridgehead atoms. The highest BCUT2D eigenvalue weighted by molar-refractivity contribution is 9.10. The molecule has 2 N–H and O–H groups in total. The minimum absolute atomic E-state index is 0.00827. The van der Waals surface area contributed by atoms with E-state index in [1.807, 2.05) is 6.92 Å². The molecule has 1 aliphatic rings. The second-order valence-electron chi connectivity index (χ2n) is 6.72. The second kappa shape index (κ2) is 6.48. The fraction of sp³-hybridized carbons (Fsp3) is 0.368. The summed E-state index contributed by atoms with van der Waals surface area (Å²) in [6.45, 7) is 2.77. The Bertz CT molecular complexity index is 771. The Morgan fingerprint density at radius 1 is 1.12 bits per heavy atom. The molecule has 0 fully saturated rings. The van der Waals surface area contributed by atoms with Crippen LogP contribution in [0.15, 0.2) is 40.9 Å². The molecule has 0 radical (unpaired) electrons. The number of benzene rings is 2. The Morgan fingerprint density at radius 3 is 2.36 bits per heavy atom. The van der Waals surface area contributed by atoms with Crippen molar-refractivity contribution >= 4 is 15.9 Å². The molecule has 2 aromatic rings. The van der Waals surface area contributed by atoms with Crippen LogP contribution in [0.25, 0.3) is 0 Å². The number of hydrogen-bond donors (Lipinski definition) is 2. The van der Waals surface area contributed by atoms with E-state index in [2.05, 4.69) is 15.9 Å². The first-order chi connectivity index (χ1) is 11.7.